The van der Waals surface area contributed by atoms with Crippen LogP contribution in [0.25, 0.3) is 0 Å². The minimum Gasteiger partial charge on any atom is -0.465 e. The van der Waals surface area contributed by atoms with Gasteiger partial charge in [0.15, 0.2) is 5.78 Å². The van der Waals surface area contributed by atoms with Gasteiger partial charge in [0.25, 0.3) is 0 Å². The zero-order valence-corrected chi connectivity index (χ0v) is 19.4. The molecule has 0 saturated heterocycles. The molecular weight excluding hydrogens is 441 g/mol. The van der Waals surface area contributed by atoms with Crippen LogP contribution in [0.2, 0.25) is 10.0 Å². The van der Waals surface area contributed by atoms with E-state index in [1.54, 1.807) is 39.0 Å². The van der Waals surface area contributed by atoms with Crippen LogP contribution in [0.3, 0.4) is 0 Å². The minimum absolute atomic E-state index is 0.180. The number of dihydropyridines is 1. The van der Waals surface area contributed by atoms with Crippen LogP contribution in [-0.2, 0) is 23.9 Å². The SMILES string of the molecule is CCOC(=O)C1=C(C)NC2=C(C(=O)C(C(=O)OCC)C(C)C2)C1c1ccc(Cl)cc1Cl. The third kappa shape index (κ3) is 4.37. The lowest BCUT2D eigenvalue weighted by Gasteiger charge is -2.38. The third-order valence-electron chi connectivity index (χ3n) is 5.60. The normalized spacial score (nSPS) is 23.3. The first-order chi connectivity index (χ1) is 14.7. The lowest BCUT2D eigenvalue weighted by Crippen LogP contribution is -2.43. The maximum Gasteiger partial charge on any atom is 0.336 e. The number of hydrogen-bond acceptors (Lipinski definition) is 6. The van der Waals surface area contributed by atoms with Crippen molar-refractivity contribution < 1.29 is 23.9 Å². The van der Waals surface area contributed by atoms with Gasteiger partial charge in [-0.2, -0.15) is 0 Å². The Hall–Kier alpha value is -2.31. The second kappa shape index (κ2) is 9.45. The summed E-state index contributed by atoms with van der Waals surface area (Å²) in [7, 11) is 0. The topological polar surface area (TPSA) is 81.7 Å². The fraction of sp³-hybridized carbons (Fsp3) is 0.435. The highest BCUT2D eigenvalue weighted by Gasteiger charge is 2.47. The number of rotatable bonds is 5. The molecule has 1 heterocycles. The molecule has 1 N–H and O–H groups in total. The zero-order valence-electron chi connectivity index (χ0n) is 17.9. The van der Waals surface area contributed by atoms with Crippen LogP contribution in [0.1, 0.15) is 45.6 Å². The van der Waals surface area contributed by atoms with Crippen LogP contribution in [0, 0.1) is 11.8 Å². The zero-order chi connectivity index (χ0) is 22.9. The Labute approximate surface area is 191 Å². The average Bonchev–Trinajstić information content (AvgIpc) is 2.67. The first-order valence-corrected chi connectivity index (χ1v) is 11.0. The predicted octanol–water partition coefficient (Wildman–Crippen LogP) is 4.56. The van der Waals surface area contributed by atoms with Crippen LogP contribution < -0.4 is 5.32 Å². The van der Waals surface area contributed by atoms with E-state index in [0.717, 1.165) is 0 Å². The molecule has 0 spiro atoms. The molecule has 3 atom stereocenters. The van der Waals surface area contributed by atoms with E-state index >= 15 is 0 Å². The third-order valence-corrected chi connectivity index (χ3v) is 6.16. The number of ketones is 1. The van der Waals surface area contributed by atoms with Gasteiger partial charge in [0.2, 0.25) is 0 Å². The largest absolute Gasteiger partial charge is 0.465 e. The highest BCUT2D eigenvalue weighted by atomic mass is 35.5. The van der Waals surface area contributed by atoms with Crippen molar-refractivity contribution in [2.45, 2.75) is 40.0 Å². The van der Waals surface area contributed by atoms with Crippen LogP contribution in [0.4, 0.5) is 0 Å². The molecule has 1 aromatic rings. The lowest BCUT2D eigenvalue weighted by atomic mass is 9.69. The number of carbonyl (C=O) groups is 3. The van der Waals surface area contributed by atoms with E-state index in [1.807, 2.05) is 6.92 Å². The summed E-state index contributed by atoms with van der Waals surface area (Å²) in [4.78, 5) is 39.2. The number of ether oxygens (including phenoxy) is 2. The number of halogens is 2. The first-order valence-electron chi connectivity index (χ1n) is 10.2. The second-order valence-electron chi connectivity index (χ2n) is 7.65. The van der Waals surface area contributed by atoms with Gasteiger partial charge in [0.1, 0.15) is 5.92 Å². The van der Waals surface area contributed by atoms with E-state index in [2.05, 4.69) is 5.32 Å². The Balaban J connectivity index is 2.20. The summed E-state index contributed by atoms with van der Waals surface area (Å²) >= 11 is 12.6. The molecule has 1 aromatic carbocycles. The summed E-state index contributed by atoms with van der Waals surface area (Å²) in [6.45, 7) is 7.37. The molecule has 0 fully saturated rings. The molecule has 2 aliphatic rings. The van der Waals surface area contributed by atoms with Crippen LogP contribution in [0.5, 0.6) is 0 Å². The Bertz CT molecular complexity index is 998. The van der Waals surface area contributed by atoms with Gasteiger partial charge in [-0.25, -0.2) is 4.79 Å². The Morgan fingerprint density at radius 3 is 2.45 bits per heavy atom. The van der Waals surface area contributed by atoms with Crippen molar-refractivity contribution >= 4 is 40.9 Å². The highest BCUT2D eigenvalue weighted by Crippen LogP contribution is 2.47. The number of carbonyl (C=O) groups excluding carboxylic acids is 3. The van der Waals surface area contributed by atoms with Crippen molar-refractivity contribution in [1.29, 1.82) is 0 Å². The van der Waals surface area contributed by atoms with Gasteiger partial charge < -0.3 is 14.8 Å². The summed E-state index contributed by atoms with van der Waals surface area (Å²) < 4.78 is 10.5. The number of esters is 2. The van der Waals surface area contributed by atoms with E-state index in [9.17, 15) is 14.4 Å². The molecule has 1 aliphatic carbocycles. The molecule has 6 nitrogen and oxygen atoms in total. The van der Waals surface area contributed by atoms with Crippen molar-refractivity contribution in [3.05, 3.63) is 56.3 Å². The lowest BCUT2D eigenvalue weighted by molar-refractivity contribution is -0.153. The molecule has 166 valence electrons. The van der Waals surface area contributed by atoms with Crippen molar-refractivity contribution in [2.24, 2.45) is 11.8 Å². The molecule has 3 rings (SSSR count). The van der Waals surface area contributed by atoms with Gasteiger partial charge in [-0.15, -0.1) is 0 Å². The minimum atomic E-state index is -0.948. The Kier molecular flexibility index (Phi) is 7.12. The van der Waals surface area contributed by atoms with Gasteiger partial charge in [-0.05, 0) is 50.8 Å². The van der Waals surface area contributed by atoms with Crippen LogP contribution in [-0.4, -0.2) is 30.9 Å². The number of Topliss-reactive ketones (excluding diaryl/α,β-unsaturated/α-hetero) is 1. The van der Waals surface area contributed by atoms with Crippen molar-refractivity contribution in [3.63, 3.8) is 0 Å². The van der Waals surface area contributed by atoms with Gasteiger partial charge in [-0.1, -0.05) is 36.2 Å². The van der Waals surface area contributed by atoms with E-state index in [1.165, 1.54) is 0 Å². The van der Waals surface area contributed by atoms with Crippen LogP contribution in [0.15, 0.2) is 40.7 Å². The molecule has 31 heavy (non-hydrogen) atoms. The van der Waals surface area contributed by atoms with Gasteiger partial charge in [-0.3, -0.25) is 9.59 Å². The molecular formula is C23H25Cl2NO5. The van der Waals surface area contributed by atoms with Gasteiger partial charge in [0.05, 0.1) is 18.8 Å². The monoisotopic (exact) mass is 465 g/mol. The summed E-state index contributed by atoms with van der Waals surface area (Å²) in [5.74, 6) is -3.46. The fourth-order valence-corrected chi connectivity index (χ4v) is 4.83. The number of benzene rings is 1. The number of hydrogen-bond donors (Lipinski definition) is 1. The van der Waals surface area contributed by atoms with Crippen molar-refractivity contribution in [1.82, 2.24) is 5.32 Å². The maximum absolute atomic E-state index is 13.6. The quantitative estimate of drug-likeness (QED) is 0.506. The average molecular weight is 466 g/mol. The van der Waals surface area contributed by atoms with Gasteiger partial charge in [0, 0.05) is 32.9 Å². The maximum atomic E-state index is 13.6. The Morgan fingerprint density at radius 1 is 1.16 bits per heavy atom. The summed E-state index contributed by atoms with van der Waals surface area (Å²) in [6.07, 6.45) is 0.458. The first kappa shape index (κ1) is 23.4. The number of allylic oxidation sites excluding steroid dienone is 3. The molecule has 3 unspecified atom stereocenters. The fourth-order valence-electron chi connectivity index (χ4n) is 4.31. The van der Waals surface area contributed by atoms with E-state index in [4.69, 9.17) is 32.7 Å². The summed E-state index contributed by atoms with van der Waals surface area (Å²) in [5.41, 5.74) is 2.44. The molecule has 1 aliphatic heterocycles. The van der Waals surface area contributed by atoms with E-state index in [0.29, 0.717) is 39.0 Å². The molecule has 0 radical (unpaired) electrons. The predicted molar refractivity (Wildman–Crippen MR) is 118 cm³/mol. The van der Waals surface area contributed by atoms with E-state index < -0.39 is 23.8 Å². The molecule has 8 heteroatoms. The summed E-state index contributed by atoms with van der Waals surface area (Å²) in [5, 5.41) is 3.96. The standard InChI is InChI=1S/C23H25Cl2NO5/c1-5-30-22(28)17-11(3)9-16-20(21(17)27)19(14-8-7-13(24)10-15(14)25)18(12(4)26-16)23(29)31-6-2/h7-8,10-11,17,19,26H,5-6,9H2,1-4H3. The molecule has 0 amide bonds. The molecule has 0 saturated carbocycles. The highest BCUT2D eigenvalue weighted by molar-refractivity contribution is 6.35. The summed E-state index contributed by atoms with van der Waals surface area (Å²) in [6, 6.07) is 4.92. The van der Waals surface area contributed by atoms with Crippen LogP contribution >= 0.6 is 23.2 Å². The smallest absolute Gasteiger partial charge is 0.336 e. The van der Waals surface area contributed by atoms with E-state index in [-0.39, 0.29) is 30.5 Å². The van der Waals surface area contributed by atoms with Gasteiger partial charge >= 0.3 is 11.9 Å². The molecule has 0 bridgehead atoms. The Morgan fingerprint density at radius 2 is 1.84 bits per heavy atom. The van der Waals surface area contributed by atoms with Crippen molar-refractivity contribution in [2.75, 3.05) is 13.2 Å². The van der Waals surface area contributed by atoms with Crippen molar-refractivity contribution in [3.8, 4) is 0 Å². The molecule has 0 aromatic heterocycles. The number of nitrogens with one attached hydrogen (secondary N) is 1. The second-order valence-corrected chi connectivity index (χ2v) is 8.49.